The largest absolute Gasteiger partial charge is 0.337 e. The van der Waals surface area contributed by atoms with Crippen molar-refractivity contribution in [3.63, 3.8) is 0 Å². The number of anilines is 1. The van der Waals surface area contributed by atoms with E-state index in [9.17, 15) is 9.59 Å². The molecule has 0 unspecified atom stereocenters. The summed E-state index contributed by atoms with van der Waals surface area (Å²) in [6.45, 7) is 2.13. The van der Waals surface area contributed by atoms with Crippen LogP contribution in [0.4, 0.5) is 5.69 Å². The third-order valence-electron chi connectivity index (χ3n) is 3.28. The van der Waals surface area contributed by atoms with Crippen LogP contribution in [0.5, 0.6) is 0 Å². The Morgan fingerprint density at radius 3 is 2.46 bits per heavy atom. The number of aromatic nitrogens is 1. The fraction of sp³-hybridized carbons (Fsp3) is 0.235. The highest BCUT2D eigenvalue weighted by Crippen LogP contribution is 2.22. The first-order valence-corrected chi connectivity index (χ1v) is 8.11. The van der Waals surface area contributed by atoms with Crippen LogP contribution < -0.4 is 5.32 Å². The van der Waals surface area contributed by atoms with Gasteiger partial charge >= 0.3 is 0 Å². The number of halogens is 2. The fourth-order valence-electron chi connectivity index (χ4n) is 2.12. The standard InChI is InChI=1S/C17H17Cl2N3O2/c1-12(23)22(11-15-4-2-3-6-20-15)7-5-17(24)21-16-9-13(18)8-14(19)10-16/h2-4,6,8-10H,5,7,11H2,1H3,(H,21,24). The van der Waals surface area contributed by atoms with E-state index in [1.807, 2.05) is 18.2 Å². The van der Waals surface area contributed by atoms with E-state index in [2.05, 4.69) is 10.3 Å². The van der Waals surface area contributed by atoms with Crippen LogP contribution in [0, 0.1) is 0 Å². The summed E-state index contributed by atoms with van der Waals surface area (Å²) >= 11 is 11.8. The molecule has 0 aliphatic carbocycles. The lowest BCUT2D eigenvalue weighted by Gasteiger charge is -2.20. The van der Waals surface area contributed by atoms with Crippen LogP contribution in [0.2, 0.25) is 10.0 Å². The summed E-state index contributed by atoms with van der Waals surface area (Å²) < 4.78 is 0. The van der Waals surface area contributed by atoms with Gasteiger partial charge in [-0.05, 0) is 30.3 Å². The maximum absolute atomic E-state index is 12.1. The number of benzene rings is 1. The first-order valence-electron chi connectivity index (χ1n) is 7.35. The van der Waals surface area contributed by atoms with Crippen LogP contribution in [-0.4, -0.2) is 28.2 Å². The molecule has 1 aromatic carbocycles. The molecular weight excluding hydrogens is 349 g/mol. The molecular formula is C17H17Cl2N3O2. The van der Waals surface area contributed by atoms with Gasteiger partial charge in [-0.15, -0.1) is 0 Å². The van der Waals surface area contributed by atoms with Gasteiger partial charge in [0.1, 0.15) is 0 Å². The predicted octanol–water partition coefficient (Wildman–Crippen LogP) is 3.77. The van der Waals surface area contributed by atoms with Crippen molar-refractivity contribution in [2.24, 2.45) is 0 Å². The molecule has 126 valence electrons. The van der Waals surface area contributed by atoms with E-state index in [4.69, 9.17) is 23.2 Å². The number of rotatable bonds is 6. The summed E-state index contributed by atoms with van der Waals surface area (Å²) in [5.41, 5.74) is 1.30. The second-order valence-electron chi connectivity index (χ2n) is 5.22. The van der Waals surface area contributed by atoms with E-state index < -0.39 is 0 Å². The Morgan fingerprint density at radius 1 is 1.17 bits per heavy atom. The van der Waals surface area contributed by atoms with E-state index in [1.165, 1.54) is 6.92 Å². The van der Waals surface area contributed by atoms with Gasteiger partial charge in [-0.25, -0.2) is 0 Å². The summed E-state index contributed by atoms with van der Waals surface area (Å²) in [6, 6.07) is 10.3. The normalized spacial score (nSPS) is 10.3. The molecule has 0 saturated carbocycles. The Balaban J connectivity index is 1.91. The van der Waals surface area contributed by atoms with Gasteiger partial charge in [-0.3, -0.25) is 14.6 Å². The highest BCUT2D eigenvalue weighted by Gasteiger charge is 2.13. The molecule has 7 heteroatoms. The summed E-state index contributed by atoms with van der Waals surface area (Å²) in [4.78, 5) is 29.6. The molecule has 1 N–H and O–H groups in total. The molecule has 1 heterocycles. The van der Waals surface area contributed by atoms with Crippen LogP contribution in [0.1, 0.15) is 19.0 Å². The zero-order chi connectivity index (χ0) is 17.5. The van der Waals surface area contributed by atoms with Crippen LogP contribution in [0.3, 0.4) is 0 Å². The van der Waals surface area contributed by atoms with E-state index in [1.54, 1.807) is 29.3 Å². The number of hydrogen-bond donors (Lipinski definition) is 1. The van der Waals surface area contributed by atoms with Gasteiger partial charge in [0.2, 0.25) is 11.8 Å². The lowest BCUT2D eigenvalue weighted by Crippen LogP contribution is -2.31. The average molecular weight is 366 g/mol. The molecule has 0 saturated heterocycles. The lowest BCUT2D eigenvalue weighted by atomic mass is 10.2. The zero-order valence-corrected chi connectivity index (χ0v) is 14.6. The van der Waals surface area contributed by atoms with Crippen LogP contribution in [-0.2, 0) is 16.1 Å². The summed E-state index contributed by atoms with van der Waals surface area (Å²) in [5, 5.41) is 3.61. The molecule has 2 rings (SSSR count). The first-order chi connectivity index (χ1) is 11.4. The minimum Gasteiger partial charge on any atom is -0.337 e. The van der Waals surface area contributed by atoms with E-state index in [-0.39, 0.29) is 18.2 Å². The number of pyridine rings is 1. The van der Waals surface area contributed by atoms with Gasteiger partial charge in [0.25, 0.3) is 0 Å². The highest BCUT2D eigenvalue weighted by molar-refractivity contribution is 6.35. The Kier molecular flexibility index (Phi) is 6.58. The van der Waals surface area contributed by atoms with Crippen LogP contribution in [0.25, 0.3) is 0 Å². The van der Waals surface area contributed by atoms with Gasteiger partial charge < -0.3 is 10.2 Å². The SMILES string of the molecule is CC(=O)N(CCC(=O)Nc1cc(Cl)cc(Cl)c1)Cc1ccccn1. The lowest BCUT2D eigenvalue weighted by molar-refractivity contribution is -0.130. The molecule has 5 nitrogen and oxygen atoms in total. The molecule has 24 heavy (non-hydrogen) atoms. The van der Waals surface area contributed by atoms with Crippen LogP contribution >= 0.6 is 23.2 Å². The summed E-state index contributed by atoms with van der Waals surface area (Å²) in [5.74, 6) is -0.333. The maximum Gasteiger partial charge on any atom is 0.226 e. The average Bonchev–Trinajstić information content (AvgIpc) is 2.51. The molecule has 0 aliphatic heterocycles. The molecule has 0 radical (unpaired) electrons. The van der Waals surface area contributed by atoms with Crippen LogP contribution in [0.15, 0.2) is 42.6 Å². The van der Waals surface area contributed by atoms with E-state index in [0.717, 1.165) is 5.69 Å². The minimum absolute atomic E-state index is 0.112. The van der Waals surface area contributed by atoms with E-state index in [0.29, 0.717) is 28.8 Å². The van der Waals surface area contributed by atoms with Gasteiger partial charge in [-0.2, -0.15) is 0 Å². The smallest absolute Gasteiger partial charge is 0.226 e. The van der Waals surface area contributed by atoms with Crippen molar-refractivity contribution < 1.29 is 9.59 Å². The van der Waals surface area contributed by atoms with Crippen molar-refractivity contribution in [3.05, 3.63) is 58.3 Å². The van der Waals surface area contributed by atoms with Gasteiger partial charge in [0, 0.05) is 41.8 Å². The molecule has 2 aromatic rings. The molecule has 0 spiro atoms. The number of carbonyl (C=O) groups is 2. The van der Waals surface area contributed by atoms with Gasteiger partial charge in [0.15, 0.2) is 0 Å². The first kappa shape index (κ1) is 18.2. The number of carbonyl (C=O) groups excluding carboxylic acids is 2. The molecule has 0 atom stereocenters. The zero-order valence-electron chi connectivity index (χ0n) is 13.1. The number of nitrogens with one attached hydrogen (secondary N) is 1. The Morgan fingerprint density at radius 2 is 1.88 bits per heavy atom. The van der Waals surface area contributed by atoms with Crippen molar-refractivity contribution in [1.29, 1.82) is 0 Å². The monoisotopic (exact) mass is 365 g/mol. The molecule has 0 bridgehead atoms. The summed E-state index contributed by atoms with van der Waals surface area (Å²) in [6.07, 6.45) is 1.83. The molecule has 0 aliphatic rings. The van der Waals surface area contributed by atoms with Crippen molar-refractivity contribution in [3.8, 4) is 0 Å². The number of nitrogens with zero attached hydrogens (tertiary/aromatic N) is 2. The Labute approximate surface area is 150 Å². The Hall–Kier alpha value is -2.11. The van der Waals surface area contributed by atoms with Crippen molar-refractivity contribution in [2.75, 3.05) is 11.9 Å². The van der Waals surface area contributed by atoms with Crippen molar-refractivity contribution in [1.82, 2.24) is 9.88 Å². The number of hydrogen-bond acceptors (Lipinski definition) is 3. The summed E-state index contributed by atoms with van der Waals surface area (Å²) in [7, 11) is 0. The van der Waals surface area contributed by atoms with Gasteiger partial charge in [-0.1, -0.05) is 29.3 Å². The molecule has 0 fully saturated rings. The second-order valence-corrected chi connectivity index (χ2v) is 6.09. The molecule has 1 aromatic heterocycles. The van der Waals surface area contributed by atoms with Gasteiger partial charge in [0.05, 0.1) is 12.2 Å². The third-order valence-corrected chi connectivity index (χ3v) is 3.72. The quantitative estimate of drug-likeness (QED) is 0.847. The predicted molar refractivity (Wildman–Crippen MR) is 95.0 cm³/mol. The highest BCUT2D eigenvalue weighted by atomic mass is 35.5. The fourth-order valence-corrected chi connectivity index (χ4v) is 2.65. The topological polar surface area (TPSA) is 62.3 Å². The minimum atomic E-state index is -0.222. The van der Waals surface area contributed by atoms with Crippen molar-refractivity contribution in [2.45, 2.75) is 19.9 Å². The molecule has 2 amide bonds. The van der Waals surface area contributed by atoms with E-state index >= 15 is 0 Å². The second kappa shape index (κ2) is 8.66. The van der Waals surface area contributed by atoms with Crippen molar-refractivity contribution >= 4 is 40.7 Å². The maximum atomic E-state index is 12.1. The Bertz CT molecular complexity index is 703. The number of amides is 2. The third kappa shape index (κ3) is 5.83.